The number of rotatable bonds is 4. The molecule has 2 amide bonds. The van der Waals surface area contributed by atoms with E-state index < -0.39 is 0 Å². The van der Waals surface area contributed by atoms with E-state index in [1.807, 2.05) is 53.1 Å². The number of carbonyl (C=O) groups is 2. The van der Waals surface area contributed by atoms with Gasteiger partial charge < -0.3 is 14.6 Å². The van der Waals surface area contributed by atoms with Gasteiger partial charge in [-0.15, -0.1) is 0 Å². The van der Waals surface area contributed by atoms with Crippen LogP contribution < -0.4 is 10.2 Å². The number of para-hydroxylation sites is 1. The molecular formula is C21H20N4O2. The summed E-state index contributed by atoms with van der Waals surface area (Å²) in [6, 6.07) is 13.6. The van der Waals surface area contributed by atoms with E-state index in [0.29, 0.717) is 18.2 Å². The van der Waals surface area contributed by atoms with Crippen molar-refractivity contribution in [3.8, 4) is 0 Å². The van der Waals surface area contributed by atoms with Crippen LogP contribution in [0.3, 0.4) is 0 Å². The van der Waals surface area contributed by atoms with Crippen LogP contribution in [0.4, 0.5) is 5.69 Å². The average Bonchev–Trinajstić information content (AvgIpc) is 3.33. The summed E-state index contributed by atoms with van der Waals surface area (Å²) < 4.78 is 1.99. The summed E-state index contributed by atoms with van der Waals surface area (Å²) in [6.07, 6.45) is 5.02. The van der Waals surface area contributed by atoms with Crippen LogP contribution in [0.2, 0.25) is 0 Å². The normalized spacial score (nSPS) is 15.8. The third-order valence-electron chi connectivity index (χ3n) is 5.32. The minimum atomic E-state index is -0.300. The number of anilines is 1. The minimum absolute atomic E-state index is 0.0300. The van der Waals surface area contributed by atoms with Gasteiger partial charge in [0.05, 0.1) is 12.1 Å². The lowest BCUT2D eigenvalue weighted by molar-refractivity contribution is -0.117. The maximum absolute atomic E-state index is 12.7. The Kier molecular flexibility index (Phi) is 3.70. The molecule has 1 aliphatic carbocycles. The van der Waals surface area contributed by atoms with Crippen molar-refractivity contribution in [2.45, 2.75) is 25.2 Å². The summed E-state index contributed by atoms with van der Waals surface area (Å²) in [5, 5.41) is 2.77. The Hall–Kier alpha value is -3.15. The number of nitrogens with one attached hydrogen (secondary N) is 1. The number of aromatic nitrogens is 2. The van der Waals surface area contributed by atoms with Gasteiger partial charge in [-0.1, -0.05) is 24.3 Å². The lowest BCUT2D eigenvalue weighted by atomic mass is 10.2. The molecule has 27 heavy (non-hydrogen) atoms. The maximum Gasteiger partial charge on any atom is 0.272 e. The number of benzene rings is 1. The smallest absolute Gasteiger partial charge is 0.272 e. The number of carbonyl (C=O) groups excluding carboxylic acids is 2. The van der Waals surface area contributed by atoms with Gasteiger partial charge in [-0.25, -0.2) is 4.98 Å². The second-order valence-electron chi connectivity index (χ2n) is 7.16. The number of nitrogens with zero attached hydrogens (tertiary/aromatic N) is 3. The largest absolute Gasteiger partial charge is 0.342 e. The molecule has 0 bridgehead atoms. The Morgan fingerprint density at radius 3 is 2.78 bits per heavy atom. The van der Waals surface area contributed by atoms with Gasteiger partial charge in [0.25, 0.3) is 5.91 Å². The summed E-state index contributed by atoms with van der Waals surface area (Å²) in [4.78, 5) is 31.7. The van der Waals surface area contributed by atoms with Crippen molar-refractivity contribution in [1.82, 2.24) is 14.7 Å². The van der Waals surface area contributed by atoms with E-state index in [2.05, 4.69) is 10.3 Å². The molecule has 1 fully saturated rings. The Balaban J connectivity index is 1.33. The molecule has 1 N–H and O–H groups in total. The molecule has 0 atom stereocenters. The molecule has 6 heteroatoms. The molecule has 136 valence electrons. The van der Waals surface area contributed by atoms with Gasteiger partial charge in [0.1, 0.15) is 5.82 Å². The number of pyridine rings is 1. The van der Waals surface area contributed by atoms with Crippen molar-refractivity contribution >= 4 is 23.0 Å². The zero-order valence-electron chi connectivity index (χ0n) is 14.9. The number of hydrogen-bond donors (Lipinski definition) is 1. The van der Waals surface area contributed by atoms with Gasteiger partial charge >= 0.3 is 0 Å². The van der Waals surface area contributed by atoms with Crippen molar-refractivity contribution in [2.75, 3.05) is 18.0 Å². The van der Waals surface area contributed by atoms with Crippen LogP contribution in [0.15, 0.2) is 48.7 Å². The van der Waals surface area contributed by atoms with Crippen LogP contribution in [0.1, 0.15) is 40.6 Å². The first kappa shape index (κ1) is 16.1. The first-order valence-electron chi connectivity index (χ1n) is 9.36. The Labute approximate surface area is 156 Å². The fraction of sp³-hybridized carbons (Fsp3) is 0.286. The molecule has 0 unspecified atom stereocenters. The molecule has 0 saturated heterocycles. The van der Waals surface area contributed by atoms with Crippen LogP contribution in [0.25, 0.3) is 5.52 Å². The zero-order valence-corrected chi connectivity index (χ0v) is 14.9. The second-order valence-corrected chi connectivity index (χ2v) is 7.16. The van der Waals surface area contributed by atoms with Crippen molar-refractivity contribution in [3.63, 3.8) is 0 Å². The molecule has 0 spiro atoms. The van der Waals surface area contributed by atoms with Crippen molar-refractivity contribution in [2.24, 2.45) is 0 Å². The van der Waals surface area contributed by atoms with Gasteiger partial charge in [-0.05, 0) is 43.0 Å². The lowest BCUT2D eigenvalue weighted by Gasteiger charge is -2.17. The summed E-state index contributed by atoms with van der Waals surface area (Å²) in [5.41, 5.74) is 3.30. The molecule has 2 aromatic heterocycles. The highest BCUT2D eigenvalue weighted by Crippen LogP contribution is 2.40. The Bertz CT molecular complexity index is 1050. The third kappa shape index (κ3) is 2.77. The molecule has 1 aromatic carbocycles. The quantitative estimate of drug-likeness (QED) is 0.777. The van der Waals surface area contributed by atoms with Crippen molar-refractivity contribution in [3.05, 3.63) is 65.7 Å². The predicted octanol–water partition coefficient (Wildman–Crippen LogP) is 2.53. The summed E-state index contributed by atoms with van der Waals surface area (Å²) in [7, 11) is 0. The fourth-order valence-electron chi connectivity index (χ4n) is 3.79. The van der Waals surface area contributed by atoms with E-state index >= 15 is 0 Å². The number of amides is 2. The van der Waals surface area contributed by atoms with Crippen LogP contribution >= 0.6 is 0 Å². The molecule has 0 radical (unpaired) electrons. The van der Waals surface area contributed by atoms with Gasteiger partial charge in [0.15, 0.2) is 5.69 Å². The minimum Gasteiger partial charge on any atom is -0.342 e. The van der Waals surface area contributed by atoms with Crippen LogP contribution in [-0.2, 0) is 11.2 Å². The monoisotopic (exact) mass is 360 g/mol. The Morgan fingerprint density at radius 2 is 1.93 bits per heavy atom. The highest BCUT2D eigenvalue weighted by Gasteiger charge is 2.31. The van der Waals surface area contributed by atoms with Gasteiger partial charge in [-0.2, -0.15) is 0 Å². The van der Waals surface area contributed by atoms with Crippen molar-refractivity contribution in [1.29, 1.82) is 0 Å². The molecule has 3 heterocycles. The van der Waals surface area contributed by atoms with Gasteiger partial charge in [0, 0.05) is 24.3 Å². The van der Waals surface area contributed by atoms with Crippen LogP contribution in [-0.4, -0.2) is 34.3 Å². The molecular weight excluding hydrogens is 340 g/mol. The zero-order chi connectivity index (χ0) is 18.4. The van der Waals surface area contributed by atoms with Crippen LogP contribution in [0, 0.1) is 0 Å². The molecule has 1 aliphatic heterocycles. The maximum atomic E-state index is 12.7. The topological polar surface area (TPSA) is 66.7 Å². The summed E-state index contributed by atoms with van der Waals surface area (Å²) in [5.74, 6) is 0.977. The van der Waals surface area contributed by atoms with Gasteiger partial charge in [0.2, 0.25) is 5.91 Å². The molecule has 5 rings (SSSR count). The second kappa shape index (κ2) is 6.23. The molecule has 3 aromatic rings. The van der Waals surface area contributed by atoms with Gasteiger partial charge in [-0.3, -0.25) is 9.59 Å². The highest BCUT2D eigenvalue weighted by molar-refractivity contribution is 6.03. The van der Waals surface area contributed by atoms with E-state index in [-0.39, 0.29) is 18.4 Å². The first-order valence-corrected chi connectivity index (χ1v) is 9.36. The van der Waals surface area contributed by atoms with E-state index in [1.54, 1.807) is 4.90 Å². The lowest BCUT2D eigenvalue weighted by Crippen LogP contribution is -2.39. The summed E-state index contributed by atoms with van der Waals surface area (Å²) >= 11 is 0. The highest BCUT2D eigenvalue weighted by atomic mass is 16.2. The number of imidazole rings is 1. The molecule has 2 aliphatic rings. The van der Waals surface area contributed by atoms with E-state index in [9.17, 15) is 9.59 Å². The van der Waals surface area contributed by atoms with Crippen molar-refractivity contribution < 1.29 is 9.59 Å². The Morgan fingerprint density at radius 1 is 1.11 bits per heavy atom. The first-order chi connectivity index (χ1) is 13.2. The average molecular weight is 360 g/mol. The number of hydrogen-bond acceptors (Lipinski definition) is 3. The SMILES string of the molecule is O=C(NCC(=O)N1CCc2ccccc21)c1nc(C2CC2)n2ccccc12. The standard InChI is InChI=1S/C21H20N4O2/c26-18(24-12-10-14-5-1-2-6-16(14)24)13-22-21(27)19-17-7-3-4-11-25(17)20(23-19)15-8-9-15/h1-7,11,15H,8-10,12-13H2,(H,22,27). The molecule has 1 saturated carbocycles. The van der Waals surface area contributed by atoms with Crippen LogP contribution in [0.5, 0.6) is 0 Å². The predicted molar refractivity (Wildman–Crippen MR) is 102 cm³/mol. The van der Waals surface area contributed by atoms with E-state index in [0.717, 1.165) is 36.3 Å². The van der Waals surface area contributed by atoms with E-state index in [4.69, 9.17) is 0 Å². The number of fused-ring (bicyclic) bond motifs is 2. The summed E-state index contributed by atoms with van der Waals surface area (Å²) in [6.45, 7) is 0.630. The van der Waals surface area contributed by atoms with E-state index in [1.165, 1.54) is 5.56 Å². The third-order valence-corrected chi connectivity index (χ3v) is 5.32. The fourth-order valence-corrected chi connectivity index (χ4v) is 3.79. The molecule has 6 nitrogen and oxygen atoms in total.